The molecule has 1 fully saturated rings. The van der Waals surface area contributed by atoms with Crippen LogP contribution in [0.1, 0.15) is 41.0 Å². The van der Waals surface area contributed by atoms with Crippen molar-refractivity contribution < 1.29 is 17.7 Å². The number of aromatic nitrogens is 3. The summed E-state index contributed by atoms with van der Waals surface area (Å²) in [6.07, 6.45) is -0.595. The average molecular weight is 603 g/mol. The number of aryl methyl sites for hydroxylation is 2. The average Bonchev–Trinajstić information content (AvgIpc) is 3.46. The molecule has 0 saturated carbocycles. The second-order valence-corrected chi connectivity index (χ2v) is 16.1. The molecule has 7 nitrogen and oxygen atoms in total. The van der Waals surface area contributed by atoms with Gasteiger partial charge in [0, 0.05) is 54.2 Å². The summed E-state index contributed by atoms with van der Waals surface area (Å²) < 4.78 is 52.8. The predicted molar refractivity (Wildman–Crippen MR) is 159 cm³/mol. The smallest absolute Gasteiger partial charge is 0.367 e. The van der Waals surface area contributed by atoms with Crippen molar-refractivity contribution in [2.24, 2.45) is 0 Å². The topological polar surface area (TPSA) is 86.8 Å². The Morgan fingerprint density at radius 2 is 1.93 bits per heavy atom. The molecule has 0 spiro atoms. The molecule has 0 radical (unpaired) electrons. The molecule has 4 aromatic rings. The minimum atomic E-state index is -4.25. The highest BCUT2D eigenvalue weighted by Crippen LogP contribution is 2.37. The largest absolute Gasteiger partial charge is 0.393 e. The second-order valence-electron chi connectivity index (χ2n) is 11.4. The molecule has 5 rings (SSSR count). The molecular formula is C29H34F3N6OPS. The number of nitriles is 1. The monoisotopic (exact) mass is 602 g/mol. The quantitative estimate of drug-likeness (QED) is 0.207. The van der Waals surface area contributed by atoms with E-state index in [1.807, 2.05) is 10.6 Å². The van der Waals surface area contributed by atoms with Crippen LogP contribution in [-0.2, 0) is 24.1 Å². The molecule has 1 aromatic carbocycles. The molecule has 41 heavy (non-hydrogen) atoms. The zero-order valence-electron chi connectivity index (χ0n) is 23.5. The maximum Gasteiger partial charge on any atom is 0.393 e. The molecule has 0 aliphatic carbocycles. The van der Waals surface area contributed by atoms with Crippen LogP contribution in [0, 0.1) is 18.3 Å². The molecule has 1 aliphatic heterocycles. The first-order chi connectivity index (χ1) is 19.4. The Labute approximate surface area is 241 Å². The van der Waals surface area contributed by atoms with Crippen LogP contribution in [0.4, 0.5) is 19.0 Å². The van der Waals surface area contributed by atoms with E-state index in [2.05, 4.69) is 45.3 Å². The number of likely N-dealkylation sites (tertiary alicyclic amines) is 1. The fourth-order valence-electron chi connectivity index (χ4n) is 5.61. The van der Waals surface area contributed by atoms with E-state index in [9.17, 15) is 23.0 Å². The lowest BCUT2D eigenvalue weighted by molar-refractivity contribution is -0.126. The third-order valence-corrected chi connectivity index (χ3v) is 10.2. The highest BCUT2D eigenvalue weighted by atomic mass is 32.1. The van der Waals surface area contributed by atoms with Crippen LogP contribution in [0.2, 0.25) is 0 Å². The summed E-state index contributed by atoms with van der Waals surface area (Å²) in [7, 11) is -2.10. The van der Waals surface area contributed by atoms with E-state index in [0.29, 0.717) is 34.4 Å². The molecule has 0 amide bonds. The Kier molecular flexibility index (Phi) is 8.47. The van der Waals surface area contributed by atoms with Crippen molar-refractivity contribution in [2.45, 2.75) is 57.9 Å². The summed E-state index contributed by atoms with van der Waals surface area (Å²) in [5.74, 6) is 0.595. The highest BCUT2D eigenvalue weighted by Gasteiger charge is 2.29. The number of rotatable bonds is 9. The van der Waals surface area contributed by atoms with Gasteiger partial charge in [-0.25, -0.2) is 9.97 Å². The van der Waals surface area contributed by atoms with E-state index in [1.165, 1.54) is 17.5 Å². The number of fused-ring (bicyclic) bond motifs is 2. The molecular weight excluding hydrogens is 568 g/mol. The molecule has 12 heteroatoms. The van der Waals surface area contributed by atoms with Gasteiger partial charge in [0.25, 0.3) is 0 Å². The third kappa shape index (κ3) is 7.11. The number of benzene rings is 1. The van der Waals surface area contributed by atoms with Gasteiger partial charge in [-0.2, -0.15) is 18.4 Å². The van der Waals surface area contributed by atoms with Crippen LogP contribution >= 0.6 is 18.5 Å². The summed E-state index contributed by atoms with van der Waals surface area (Å²) in [6.45, 7) is 8.95. The van der Waals surface area contributed by atoms with E-state index in [1.54, 1.807) is 19.4 Å². The molecule has 218 valence electrons. The first kappa shape index (κ1) is 29.6. The molecule has 0 atom stereocenters. The van der Waals surface area contributed by atoms with Crippen LogP contribution in [0.25, 0.3) is 21.1 Å². The van der Waals surface area contributed by atoms with Crippen LogP contribution in [0.15, 0.2) is 30.6 Å². The van der Waals surface area contributed by atoms with Gasteiger partial charge in [0.2, 0.25) is 0 Å². The molecule has 1 N–H and O–H groups in total. The minimum absolute atomic E-state index is 0.174. The SMILES string of the molecule is Cc1c(CN2CCC(Nc3ncnc4sc(CC(F)(F)F)cc34)CC2)ccc2c1cc(C#N)n2CCCP(C)(C)=O. The van der Waals surface area contributed by atoms with Crippen molar-refractivity contribution in [3.05, 3.63) is 52.3 Å². The van der Waals surface area contributed by atoms with Crippen molar-refractivity contribution in [1.82, 2.24) is 19.4 Å². The van der Waals surface area contributed by atoms with Crippen LogP contribution in [-0.4, -0.2) is 64.2 Å². The van der Waals surface area contributed by atoms with Crippen LogP contribution in [0.3, 0.4) is 0 Å². The van der Waals surface area contributed by atoms with Crippen LogP contribution in [0.5, 0.6) is 0 Å². The number of piperidine rings is 1. The van der Waals surface area contributed by atoms with E-state index in [-0.39, 0.29) is 10.9 Å². The molecule has 4 heterocycles. The van der Waals surface area contributed by atoms with Gasteiger partial charge >= 0.3 is 6.18 Å². The summed E-state index contributed by atoms with van der Waals surface area (Å²) in [5, 5.41) is 14.9. The van der Waals surface area contributed by atoms with Crippen molar-refractivity contribution >= 4 is 45.4 Å². The number of nitrogens with one attached hydrogen (secondary N) is 1. The summed E-state index contributed by atoms with van der Waals surface area (Å²) in [5.41, 5.74) is 4.06. The second kappa shape index (κ2) is 11.7. The molecule has 1 aliphatic rings. The van der Waals surface area contributed by atoms with E-state index >= 15 is 0 Å². The molecule has 1 saturated heterocycles. The van der Waals surface area contributed by atoms with Gasteiger partial charge in [-0.3, -0.25) is 4.90 Å². The number of halogens is 3. The summed E-state index contributed by atoms with van der Waals surface area (Å²) in [6, 6.07) is 10.3. The summed E-state index contributed by atoms with van der Waals surface area (Å²) in [4.78, 5) is 11.7. The van der Waals surface area contributed by atoms with Crippen molar-refractivity contribution in [2.75, 3.05) is 37.9 Å². The lowest BCUT2D eigenvalue weighted by Gasteiger charge is -2.33. The predicted octanol–water partition coefficient (Wildman–Crippen LogP) is 7.02. The number of anilines is 1. The number of hydrogen-bond donors (Lipinski definition) is 1. The van der Waals surface area contributed by atoms with Crippen LogP contribution < -0.4 is 5.32 Å². The van der Waals surface area contributed by atoms with E-state index in [4.69, 9.17) is 0 Å². The van der Waals surface area contributed by atoms with Crippen molar-refractivity contribution in [3.63, 3.8) is 0 Å². The van der Waals surface area contributed by atoms with E-state index in [0.717, 1.165) is 61.1 Å². The van der Waals surface area contributed by atoms with E-state index < -0.39 is 19.7 Å². The fraction of sp³-hybridized carbons (Fsp3) is 0.483. The Hall–Kier alpha value is -2.93. The van der Waals surface area contributed by atoms with Gasteiger partial charge in [-0.1, -0.05) is 6.07 Å². The van der Waals surface area contributed by atoms with Crippen molar-refractivity contribution in [3.8, 4) is 6.07 Å². The Balaban J connectivity index is 1.23. The van der Waals surface area contributed by atoms with Gasteiger partial charge < -0.3 is 14.4 Å². The number of nitrogens with zero attached hydrogens (tertiary/aromatic N) is 5. The number of hydrogen-bond acceptors (Lipinski definition) is 7. The summed E-state index contributed by atoms with van der Waals surface area (Å²) >= 11 is 1.06. The first-order valence-corrected chi connectivity index (χ1v) is 17.4. The maximum atomic E-state index is 12.9. The number of thiophene rings is 1. The minimum Gasteiger partial charge on any atom is -0.367 e. The standard InChI is InChI=1S/C29H34F3N6OPS/c1-19-20(5-6-26-24(19)13-22(16-33)38(26)9-4-12-40(2,3)39)17-37-10-7-21(8-11-37)36-27-25-14-23(15-29(30,31)32)41-28(25)35-18-34-27/h5-6,13-14,18,21H,4,7-12,15,17H2,1-3H3,(H,34,35,36). The molecule has 3 aromatic heterocycles. The fourth-order valence-corrected chi connectivity index (χ4v) is 7.54. The maximum absolute atomic E-state index is 12.9. The van der Waals surface area contributed by atoms with Gasteiger partial charge in [0.15, 0.2) is 0 Å². The Morgan fingerprint density at radius 3 is 2.61 bits per heavy atom. The van der Waals surface area contributed by atoms with Gasteiger partial charge in [-0.05, 0) is 68.8 Å². The molecule has 0 unspecified atom stereocenters. The lowest BCUT2D eigenvalue weighted by atomic mass is 10.0. The van der Waals surface area contributed by atoms with Crippen molar-refractivity contribution in [1.29, 1.82) is 5.26 Å². The van der Waals surface area contributed by atoms with Gasteiger partial charge in [-0.15, -0.1) is 11.3 Å². The third-order valence-electron chi connectivity index (χ3n) is 7.74. The first-order valence-electron chi connectivity index (χ1n) is 13.7. The Bertz CT molecular complexity index is 1640. The molecule has 0 bridgehead atoms. The van der Waals surface area contributed by atoms with Gasteiger partial charge in [0.1, 0.15) is 28.7 Å². The lowest BCUT2D eigenvalue weighted by Crippen LogP contribution is -2.39. The normalized spacial score (nSPS) is 15.5. The zero-order chi connectivity index (χ0) is 29.4. The zero-order valence-corrected chi connectivity index (χ0v) is 25.2. The Morgan fingerprint density at radius 1 is 1.17 bits per heavy atom. The number of alkyl halides is 3. The van der Waals surface area contributed by atoms with Gasteiger partial charge in [0.05, 0.1) is 18.9 Å². The highest BCUT2D eigenvalue weighted by molar-refractivity contribution is 7.62.